The number of sulfonamides is 1. The molecule has 0 fully saturated rings. The first kappa shape index (κ1) is 19.2. The maximum Gasteiger partial charge on any atom is 0.251 e. The molecule has 0 aliphatic rings. The van der Waals surface area contributed by atoms with Crippen molar-refractivity contribution in [2.75, 3.05) is 17.5 Å². The number of halogens is 2. The summed E-state index contributed by atoms with van der Waals surface area (Å²) in [6.45, 7) is 0.456. The number of carbonyl (C=O) groups is 1. The van der Waals surface area contributed by atoms with Crippen molar-refractivity contribution in [3.8, 4) is 0 Å². The molecule has 0 heterocycles. The Morgan fingerprint density at radius 2 is 1.84 bits per heavy atom. The molecule has 5 nitrogen and oxygen atoms in total. The van der Waals surface area contributed by atoms with E-state index in [1.807, 2.05) is 0 Å². The highest BCUT2D eigenvalue weighted by Crippen LogP contribution is 2.23. The van der Waals surface area contributed by atoms with E-state index in [0.29, 0.717) is 18.5 Å². The van der Waals surface area contributed by atoms with Crippen molar-refractivity contribution in [2.45, 2.75) is 12.8 Å². The minimum atomic E-state index is -3.44. The molecular formula is C17H18ClFN2O3S. The lowest BCUT2D eigenvalue weighted by atomic mass is 10.1. The lowest BCUT2D eigenvalue weighted by molar-refractivity contribution is 0.0953. The van der Waals surface area contributed by atoms with Crippen molar-refractivity contribution in [1.82, 2.24) is 5.32 Å². The zero-order valence-electron chi connectivity index (χ0n) is 13.6. The van der Waals surface area contributed by atoms with Crippen molar-refractivity contribution in [3.63, 3.8) is 0 Å². The van der Waals surface area contributed by atoms with E-state index in [9.17, 15) is 17.6 Å². The highest BCUT2D eigenvalue weighted by molar-refractivity contribution is 7.92. The summed E-state index contributed by atoms with van der Waals surface area (Å²) in [5.74, 6) is -0.574. The highest BCUT2D eigenvalue weighted by Gasteiger charge is 2.11. The summed E-state index contributed by atoms with van der Waals surface area (Å²) in [4.78, 5) is 12.1. The maximum atomic E-state index is 12.8. The SMILES string of the molecule is CS(=O)(=O)Nc1ccc(C(=O)NCCCc2ccc(F)cc2)cc1Cl. The number of nitrogens with one attached hydrogen (secondary N) is 2. The Morgan fingerprint density at radius 1 is 1.16 bits per heavy atom. The van der Waals surface area contributed by atoms with Gasteiger partial charge in [0.2, 0.25) is 10.0 Å². The van der Waals surface area contributed by atoms with Crippen molar-refractivity contribution < 1.29 is 17.6 Å². The molecule has 2 aromatic carbocycles. The fraction of sp³-hybridized carbons (Fsp3) is 0.235. The average Bonchev–Trinajstić information content (AvgIpc) is 2.53. The summed E-state index contributed by atoms with van der Waals surface area (Å²) in [7, 11) is -3.44. The van der Waals surface area contributed by atoms with E-state index in [1.54, 1.807) is 12.1 Å². The molecule has 134 valence electrons. The third-order valence-electron chi connectivity index (χ3n) is 3.37. The first-order valence-electron chi connectivity index (χ1n) is 7.54. The van der Waals surface area contributed by atoms with Gasteiger partial charge in [0.1, 0.15) is 5.82 Å². The quantitative estimate of drug-likeness (QED) is 0.720. The number of aryl methyl sites for hydroxylation is 1. The molecule has 2 rings (SSSR count). The molecule has 8 heteroatoms. The van der Waals surface area contributed by atoms with Gasteiger partial charge in [0, 0.05) is 12.1 Å². The second-order valence-corrected chi connectivity index (χ2v) is 7.71. The smallest absolute Gasteiger partial charge is 0.251 e. The molecule has 0 aliphatic carbocycles. The van der Waals surface area contributed by atoms with Crippen LogP contribution in [0.15, 0.2) is 42.5 Å². The Bertz CT molecular complexity index is 855. The van der Waals surface area contributed by atoms with E-state index in [0.717, 1.165) is 18.2 Å². The number of anilines is 1. The molecular weight excluding hydrogens is 367 g/mol. The number of rotatable bonds is 7. The summed E-state index contributed by atoms with van der Waals surface area (Å²) in [5, 5.41) is 2.91. The zero-order chi connectivity index (χ0) is 18.4. The lowest BCUT2D eigenvalue weighted by Gasteiger charge is -2.09. The molecule has 0 aromatic heterocycles. The molecule has 0 spiro atoms. The van der Waals surface area contributed by atoms with E-state index in [2.05, 4.69) is 10.0 Å². The van der Waals surface area contributed by atoms with Crippen LogP contribution in [0.4, 0.5) is 10.1 Å². The van der Waals surface area contributed by atoms with Crippen LogP contribution in [0.2, 0.25) is 5.02 Å². The number of hydrogen-bond acceptors (Lipinski definition) is 3. The van der Waals surface area contributed by atoms with Crippen LogP contribution in [0.5, 0.6) is 0 Å². The van der Waals surface area contributed by atoms with Crippen molar-refractivity contribution in [3.05, 3.63) is 64.4 Å². The molecule has 25 heavy (non-hydrogen) atoms. The molecule has 0 atom stereocenters. The van der Waals surface area contributed by atoms with E-state index < -0.39 is 10.0 Å². The topological polar surface area (TPSA) is 75.3 Å². The second-order valence-electron chi connectivity index (χ2n) is 5.55. The van der Waals surface area contributed by atoms with Crippen LogP contribution in [0, 0.1) is 5.82 Å². The average molecular weight is 385 g/mol. The van der Waals surface area contributed by atoms with E-state index in [1.165, 1.54) is 30.3 Å². The first-order valence-corrected chi connectivity index (χ1v) is 9.81. The van der Waals surface area contributed by atoms with Crippen LogP contribution in [0.25, 0.3) is 0 Å². The maximum absolute atomic E-state index is 12.8. The summed E-state index contributed by atoms with van der Waals surface area (Å²) in [5.41, 5.74) is 1.55. The number of benzene rings is 2. The standard InChI is InChI=1S/C17H18ClFN2O3S/c1-25(23,24)21-16-9-6-13(11-15(16)18)17(22)20-10-2-3-12-4-7-14(19)8-5-12/h4-9,11,21H,2-3,10H2,1H3,(H,20,22). The van der Waals surface area contributed by atoms with Gasteiger partial charge in [-0.2, -0.15) is 0 Å². The Labute approximate surface area is 151 Å². The van der Waals surface area contributed by atoms with Crippen LogP contribution in [-0.2, 0) is 16.4 Å². The monoisotopic (exact) mass is 384 g/mol. The van der Waals surface area contributed by atoms with Crippen LogP contribution < -0.4 is 10.0 Å². The molecule has 0 saturated heterocycles. The van der Waals surface area contributed by atoms with E-state index >= 15 is 0 Å². The largest absolute Gasteiger partial charge is 0.352 e. The number of amides is 1. The Balaban J connectivity index is 1.86. The number of carbonyl (C=O) groups excluding carboxylic acids is 1. The minimum Gasteiger partial charge on any atom is -0.352 e. The molecule has 0 bridgehead atoms. The van der Waals surface area contributed by atoms with Crippen LogP contribution in [-0.4, -0.2) is 27.1 Å². The summed E-state index contributed by atoms with van der Waals surface area (Å²) in [6.07, 6.45) is 2.45. The van der Waals surface area contributed by atoms with Gasteiger partial charge in [-0.1, -0.05) is 23.7 Å². The Kier molecular flexibility index (Phi) is 6.39. The summed E-state index contributed by atoms with van der Waals surface area (Å²) < 4.78 is 37.5. The second kappa shape index (κ2) is 8.31. The van der Waals surface area contributed by atoms with Crippen molar-refractivity contribution >= 4 is 33.2 Å². The zero-order valence-corrected chi connectivity index (χ0v) is 15.1. The van der Waals surface area contributed by atoms with Gasteiger partial charge in [-0.05, 0) is 48.7 Å². The fourth-order valence-electron chi connectivity index (χ4n) is 2.19. The molecule has 1 amide bonds. The molecule has 0 unspecified atom stereocenters. The third kappa shape index (κ3) is 6.36. The Morgan fingerprint density at radius 3 is 2.44 bits per heavy atom. The van der Waals surface area contributed by atoms with Gasteiger partial charge >= 0.3 is 0 Å². The van der Waals surface area contributed by atoms with Gasteiger partial charge in [-0.3, -0.25) is 9.52 Å². The third-order valence-corrected chi connectivity index (χ3v) is 4.27. The highest BCUT2D eigenvalue weighted by atomic mass is 35.5. The molecule has 0 radical (unpaired) electrons. The predicted octanol–water partition coefficient (Wildman–Crippen LogP) is 3.21. The van der Waals surface area contributed by atoms with E-state index in [-0.39, 0.29) is 22.4 Å². The van der Waals surface area contributed by atoms with Gasteiger partial charge in [0.15, 0.2) is 0 Å². The van der Waals surface area contributed by atoms with Crippen molar-refractivity contribution in [2.24, 2.45) is 0 Å². The van der Waals surface area contributed by atoms with Crippen LogP contribution in [0.1, 0.15) is 22.3 Å². The fourth-order valence-corrected chi connectivity index (χ4v) is 3.05. The predicted molar refractivity (Wildman–Crippen MR) is 97.0 cm³/mol. The molecule has 2 N–H and O–H groups in total. The van der Waals surface area contributed by atoms with E-state index in [4.69, 9.17) is 11.6 Å². The van der Waals surface area contributed by atoms with Gasteiger partial charge < -0.3 is 5.32 Å². The van der Waals surface area contributed by atoms with Gasteiger partial charge in [-0.15, -0.1) is 0 Å². The minimum absolute atomic E-state index is 0.143. The summed E-state index contributed by atoms with van der Waals surface area (Å²) in [6, 6.07) is 10.6. The van der Waals surface area contributed by atoms with Crippen LogP contribution in [0.3, 0.4) is 0 Å². The molecule has 2 aromatic rings. The first-order chi connectivity index (χ1) is 11.7. The summed E-state index contributed by atoms with van der Waals surface area (Å²) >= 11 is 6.00. The van der Waals surface area contributed by atoms with Gasteiger partial charge in [0.05, 0.1) is 17.0 Å². The van der Waals surface area contributed by atoms with Gasteiger partial charge in [-0.25, -0.2) is 12.8 Å². The molecule has 0 saturated carbocycles. The van der Waals surface area contributed by atoms with Crippen LogP contribution >= 0.6 is 11.6 Å². The van der Waals surface area contributed by atoms with Gasteiger partial charge in [0.25, 0.3) is 5.91 Å². The lowest BCUT2D eigenvalue weighted by Crippen LogP contribution is -2.24. The van der Waals surface area contributed by atoms with Crippen molar-refractivity contribution in [1.29, 1.82) is 0 Å². The molecule has 0 aliphatic heterocycles. The Hall–Kier alpha value is -2.12. The normalized spacial score (nSPS) is 11.2. The number of hydrogen-bond donors (Lipinski definition) is 2.